The van der Waals surface area contributed by atoms with E-state index in [0.29, 0.717) is 18.1 Å². The molecule has 1 aliphatic heterocycles. The molecule has 0 radical (unpaired) electrons. The molecule has 31 heavy (non-hydrogen) atoms. The number of hydrogen-bond donors (Lipinski definition) is 1. The highest BCUT2D eigenvalue weighted by Gasteiger charge is 2.30. The van der Waals surface area contributed by atoms with E-state index in [0.717, 1.165) is 16.1 Å². The number of carbonyl (C=O) groups excluding carboxylic acids is 1. The van der Waals surface area contributed by atoms with E-state index in [1.54, 1.807) is 24.3 Å². The first-order chi connectivity index (χ1) is 14.7. The van der Waals surface area contributed by atoms with Crippen molar-refractivity contribution in [1.82, 2.24) is 9.29 Å². The predicted molar refractivity (Wildman–Crippen MR) is 118 cm³/mol. The van der Waals surface area contributed by atoms with Crippen LogP contribution in [0.25, 0.3) is 0 Å². The third-order valence-corrected chi connectivity index (χ3v) is 8.21. The monoisotopic (exact) mass is 479 g/mol. The Kier molecular flexibility index (Phi) is 6.11. The number of anilines is 1. The first kappa shape index (κ1) is 21.9. The molecule has 1 aromatic heterocycles. The molecular weight excluding hydrogens is 461 g/mol. The molecule has 3 aromatic rings. The van der Waals surface area contributed by atoms with Crippen LogP contribution in [0.3, 0.4) is 0 Å². The largest absolute Gasteiger partial charge is 0.302 e. The molecular formula is C21H19ClFN3O3S2. The van der Waals surface area contributed by atoms with Crippen molar-refractivity contribution in [1.29, 1.82) is 0 Å². The zero-order valence-electron chi connectivity index (χ0n) is 16.6. The lowest BCUT2D eigenvalue weighted by Gasteiger charge is -2.25. The molecule has 0 saturated heterocycles. The van der Waals surface area contributed by atoms with Gasteiger partial charge in [0, 0.05) is 28.4 Å². The highest BCUT2D eigenvalue weighted by atomic mass is 35.5. The minimum absolute atomic E-state index is 0.123. The lowest BCUT2D eigenvalue weighted by molar-refractivity contribution is -0.115. The minimum Gasteiger partial charge on any atom is -0.302 e. The number of sulfonamides is 1. The molecule has 0 aliphatic carbocycles. The molecule has 1 N–H and O–H groups in total. The molecule has 0 saturated carbocycles. The van der Waals surface area contributed by atoms with Gasteiger partial charge in [-0.1, -0.05) is 35.4 Å². The first-order valence-corrected chi connectivity index (χ1v) is 12.2. The predicted octanol–water partition coefficient (Wildman–Crippen LogP) is 4.17. The van der Waals surface area contributed by atoms with Crippen molar-refractivity contribution < 1.29 is 17.6 Å². The second-order valence-electron chi connectivity index (χ2n) is 7.22. The summed E-state index contributed by atoms with van der Waals surface area (Å²) < 4.78 is 41.2. The molecule has 10 heteroatoms. The summed E-state index contributed by atoms with van der Waals surface area (Å²) in [5.41, 5.74) is 1.87. The summed E-state index contributed by atoms with van der Waals surface area (Å²) in [6.07, 6.45) is 0.232. The number of benzene rings is 2. The fourth-order valence-electron chi connectivity index (χ4n) is 3.32. The number of rotatable bonds is 5. The summed E-state index contributed by atoms with van der Waals surface area (Å²) in [5, 5.41) is 3.21. The highest BCUT2D eigenvalue weighted by Crippen LogP contribution is 2.31. The SMILES string of the molecule is Cc1ccc(S(=O)(=O)N2CCc3nc(NC(=O)Cc4c(F)cccc4Cl)sc3C2)cc1. The van der Waals surface area contributed by atoms with Crippen LogP contribution >= 0.6 is 22.9 Å². The molecule has 0 atom stereocenters. The van der Waals surface area contributed by atoms with Gasteiger partial charge in [-0.05, 0) is 31.2 Å². The van der Waals surface area contributed by atoms with Crippen molar-refractivity contribution in [2.45, 2.75) is 31.2 Å². The fourth-order valence-corrected chi connectivity index (χ4v) is 6.08. The summed E-state index contributed by atoms with van der Waals surface area (Å²) in [4.78, 5) is 17.8. The number of aromatic nitrogens is 1. The van der Waals surface area contributed by atoms with Gasteiger partial charge in [0.1, 0.15) is 5.82 Å². The zero-order valence-corrected chi connectivity index (χ0v) is 19.0. The van der Waals surface area contributed by atoms with Crippen LogP contribution in [0.5, 0.6) is 0 Å². The van der Waals surface area contributed by atoms with E-state index in [1.807, 2.05) is 6.92 Å². The van der Waals surface area contributed by atoms with Crippen molar-refractivity contribution in [3.8, 4) is 0 Å². The Labute approximate surface area is 188 Å². The van der Waals surface area contributed by atoms with Gasteiger partial charge in [-0.3, -0.25) is 4.79 Å². The number of aryl methyl sites for hydroxylation is 1. The van der Waals surface area contributed by atoms with Crippen LogP contribution < -0.4 is 5.32 Å². The van der Waals surface area contributed by atoms with Crippen LogP contribution in [0.1, 0.15) is 21.7 Å². The van der Waals surface area contributed by atoms with Crippen LogP contribution in [0.15, 0.2) is 47.4 Å². The van der Waals surface area contributed by atoms with Gasteiger partial charge < -0.3 is 5.32 Å². The van der Waals surface area contributed by atoms with E-state index in [2.05, 4.69) is 10.3 Å². The average molecular weight is 480 g/mol. The number of fused-ring (bicyclic) bond motifs is 1. The molecule has 0 bridgehead atoms. The summed E-state index contributed by atoms with van der Waals surface area (Å²) in [5.74, 6) is -0.986. The normalized spacial score (nSPS) is 14.3. The Morgan fingerprint density at radius 2 is 2.00 bits per heavy atom. The maximum absolute atomic E-state index is 13.9. The number of hydrogen-bond acceptors (Lipinski definition) is 5. The molecule has 1 amide bonds. The van der Waals surface area contributed by atoms with E-state index >= 15 is 0 Å². The summed E-state index contributed by atoms with van der Waals surface area (Å²) >= 11 is 7.21. The van der Waals surface area contributed by atoms with Crippen molar-refractivity contribution >= 4 is 44.0 Å². The van der Waals surface area contributed by atoms with Crippen molar-refractivity contribution in [2.24, 2.45) is 0 Å². The third-order valence-electron chi connectivity index (χ3n) is 5.00. The molecule has 2 aromatic carbocycles. The molecule has 2 heterocycles. The first-order valence-electron chi connectivity index (χ1n) is 9.52. The average Bonchev–Trinajstić information content (AvgIpc) is 3.12. The summed E-state index contributed by atoms with van der Waals surface area (Å²) in [6, 6.07) is 11.0. The Morgan fingerprint density at radius 3 is 2.71 bits per heavy atom. The van der Waals surface area contributed by atoms with E-state index in [1.165, 1.54) is 33.8 Å². The maximum Gasteiger partial charge on any atom is 0.243 e. The Hall–Kier alpha value is -2.33. The van der Waals surface area contributed by atoms with Gasteiger partial charge in [0.05, 0.1) is 23.6 Å². The Balaban J connectivity index is 1.47. The number of nitrogens with one attached hydrogen (secondary N) is 1. The van der Waals surface area contributed by atoms with Crippen molar-refractivity contribution in [3.63, 3.8) is 0 Å². The molecule has 0 spiro atoms. The van der Waals surface area contributed by atoms with Gasteiger partial charge in [-0.25, -0.2) is 17.8 Å². The molecule has 0 unspecified atom stereocenters. The van der Waals surface area contributed by atoms with Gasteiger partial charge in [-0.2, -0.15) is 4.31 Å². The topological polar surface area (TPSA) is 79.4 Å². The van der Waals surface area contributed by atoms with Gasteiger partial charge in [-0.15, -0.1) is 11.3 Å². The summed E-state index contributed by atoms with van der Waals surface area (Å²) in [6.45, 7) is 2.40. The highest BCUT2D eigenvalue weighted by molar-refractivity contribution is 7.89. The van der Waals surface area contributed by atoms with E-state index < -0.39 is 21.7 Å². The maximum atomic E-state index is 13.9. The molecule has 0 fully saturated rings. The number of carbonyl (C=O) groups is 1. The van der Waals surface area contributed by atoms with Crippen LogP contribution in [-0.4, -0.2) is 30.2 Å². The zero-order chi connectivity index (χ0) is 22.2. The Bertz CT molecular complexity index is 1220. The van der Waals surface area contributed by atoms with E-state index in [4.69, 9.17) is 11.6 Å². The van der Waals surface area contributed by atoms with Crippen molar-refractivity contribution in [3.05, 3.63) is 75.0 Å². The fraction of sp³-hybridized carbons (Fsp3) is 0.238. The molecule has 6 nitrogen and oxygen atoms in total. The lowest BCUT2D eigenvalue weighted by Crippen LogP contribution is -2.35. The van der Waals surface area contributed by atoms with Crippen LogP contribution in [-0.2, 0) is 34.2 Å². The number of nitrogens with zero attached hydrogens (tertiary/aromatic N) is 2. The molecule has 4 rings (SSSR count). The van der Waals surface area contributed by atoms with Crippen LogP contribution in [0.4, 0.5) is 9.52 Å². The second-order valence-corrected chi connectivity index (χ2v) is 10.6. The standard InChI is InChI=1S/C21H19ClFN3O3S2/c1-13-5-7-14(8-6-13)31(28,29)26-10-9-18-19(12-26)30-21(24-18)25-20(27)11-15-16(22)3-2-4-17(15)23/h2-8H,9-12H2,1H3,(H,24,25,27). The summed E-state index contributed by atoms with van der Waals surface area (Å²) in [7, 11) is -3.62. The third kappa shape index (κ3) is 4.64. The number of halogens is 2. The molecule has 162 valence electrons. The van der Waals surface area contributed by atoms with Crippen molar-refractivity contribution in [2.75, 3.05) is 11.9 Å². The Morgan fingerprint density at radius 1 is 1.26 bits per heavy atom. The number of amides is 1. The second kappa shape index (κ2) is 8.66. The van der Waals surface area contributed by atoms with Gasteiger partial charge >= 0.3 is 0 Å². The quantitative estimate of drug-likeness (QED) is 0.595. The minimum atomic E-state index is -3.62. The van der Waals surface area contributed by atoms with Gasteiger partial charge in [0.15, 0.2) is 5.13 Å². The van der Waals surface area contributed by atoms with Gasteiger partial charge in [0.2, 0.25) is 15.9 Å². The molecule has 1 aliphatic rings. The van der Waals surface area contributed by atoms with E-state index in [-0.39, 0.29) is 28.4 Å². The van der Waals surface area contributed by atoms with Gasteiger partial charge in [0.25, 0.3) is 0 Å². The number of thiazole rings is 1. The van der Waals surface area contributed by atoms with Crippen LogP contribution in [0, 0.1) is 12.7 Å². The smallest absolute Gasteiger partial charge is 0.243 e. The lowest BCUT2D eigenvalue weighted by atomic mass is 10.1. The van der Waals surface area contributed by atoms with E-state index in [9.17, 15) is 17.6 Å². The van der Waals surface area contributed by atoms with Crippen LogP contribution in [0.2, 0.25) is 5.02 Å².